The predicted molar refractivity (Wildman–Crippen MR) is 114 cm³/mol. The zero-order valence-corrected chi connectivity index (χ0v) is 17.9. The van der Waals surface area contributed by atoms with Crippen LogP contribution in [-0.2, 0) is 16.1 Å². The maximum Gasteiger partial charge on any atom is 0.308 e. The number of nitro groups is 1. The summed E-state index contributed by atoms with van der Waals surface area (Å²) in [6.07, 6.45) is 3.79. The minimum Gasteiger partial charge on any atom is -0.493 e. The molecule has 9 nitrogen and oxygen atoms in total. The highest BCUT2D eigenvalue weighted by Crippen LogP contribution is 2.36. The van der Waals surface area contributed by atoms with Gasteiger partial charge in [-0.1, -0.05) is 18.2 Å². The van der Waals surface area contributed by atoms with Gasteiger partial charge in [0.1, 0.15) is 6.61 Å². The first kappa shape index (κ1) is 23.5. The Morgan fingerprint density at radius 3 is 2.32 bits per heavy atom. The van der Waals surface area contributed by atoms with Crippen LogP contribution < -0.4 is 18.9 Å². The van der Waals surface area contributed by atoms with E-state index in [1.54, 1.807) is 12.1 Å². The number of carbonyl (C=O) groups excluding carboxylic acids is 1. The number of rotatable bonds is 11. The molecule has 0 aliphatic rings. The molecule has 0 bridgehead atoms. The lowest BCUT2D eigenvalue weighted by atomic mass is 10.1. The summed E-state index contributed by atoms with van der Waals surface area (Å²) < 4.78 is 26.5. The van der Waals surface area contributed by atoms with E-state index in [4.69, 9.17) is 18.9 Å². The van der Waals surface area contributed by atoms with Crippen LogP contribution in [-0.4, -0.2) is 38.8 Å². The van der Waals surface area contributed by atoms with Gasteiger partial charge in [-0.25, -0.2) is 0 Å². The summed E-state index contributed by atoms with van der Waals surface area (Å²) in [4.78, 5) is 22.3. The number of methoxy groups -OCH3 is 3. The number of hydrogen-bond acceptors (Lipinski definition) is 8. The van der Waals surface area contributed by atoms with Gasteiger partial charge in [-0.05, 0) is 30.7 Å². The highest BCUT2D eigenvalue weighted by molar-refractivity contribution is 5.69. The van der Waals surface area contributed by atoms with E-state index in [0.717, 1.165) is 5.56 Å². The van der Waals surface area contributed by atoms with Crippen LogP contribution in [0.2, 0.25) is 0 Å². The lowest BCUT2D eigenvalue weighted by Crippen LogP contribution is -2.09. The summed E-state index contributed by atoms with van der Waals surface area (Å²) in [5.74, 6) is 0.932. The van der Waals surface area contributed by atoms with Crippen molar-refractivity contribution in [3.8, 4) is 23.0 Å². The van der Waals surface area contributed by atoms with E-state index in [2.05, 4.69) is 4.74 Å². The van der Waals surface area contributed by atoms with E-state index >= 15 is 0 Å². The molecular formula is C22H25NO8. The third kappa shape index (κ3) is 6.36. The molecule has 0 fully saturated rings. The van der Waals surface area contributed by atoms with Crippen molar-refractivity contribution in [2.24, 2.45) is 0 Å². The number of nitro benzene ring substituents is 1. The van der Waals surface area contributed by atoms with E-state index in [1.165, 1.54) is 33.5 Å². The van der Waals surface area contributed by atoms with Crippen LogP contribution in [0, 0.1) is 10.1 Å². The molecule has 0 N–H and O–H groups in total. The Kier molecular flexibility index (Phi) is 8.68. The fourth-order valence-electron chi connectivity index (χ4n) is 2.75. The van der Waals surface area contributed by atoms with Gasteiger partial charge >= 0.3 is 5.97 Å². The van der Waals surface area contributed by atoms with Crippen LogP contribution in [0.3, 0.4) is 0 Å². The maximum absolute atomic E-state index is 11.6. The quantitative estimate of drug-likeness (QED) is 0.296. The molecule has 31 heavy (non-hydrogen) atoms. The van der Waals surface area contributed by atoms with Gasteiger partial charge < -0.3 is 23.7 Å². The smallest absolute Gasteiger partial charge is 0.308 e. The predicted octanol–water partition coefficient (Wildman–Crippen LogP) is 4.17. The molecule has 2 rings (SSSR count). The van der Waals surface area contributed by atoms with Crippen LogP contribution in [0.4, 0.5) is 5.69 Å². The van der Waals surface area contributed by atoms with Crippen LogP contribution in [0.5, 0.6) is 23.0 Å². The molecule has 0 spiro atoms. The number of nitrogens with zero attached hydrogens (tertiary/aromatic N) is 1. The summed E-state index contributed by atoms with van der Waals surface area (Å²) in [7, 11) is 4.21. The molecule has 0 aliphatic carbocycles. The zero-order valence-electron chi connectivity index (χ0n) is 17.9. The van der Waals surface area contributed by atoms with E-state index in [0.29, 0.717) is 17.1 Å². The molecule has 2 aromatic carbocycles. The van der Waals surface area contributed by atoms with Crippen LogP contribution in [0.1, 0.15) is 24.5 Å². The number of hydrogen-bond donors (Lipinski definition) is 0. The van der Waals surface area contributed by atoms with Crippen LogP contribution in [0.15, 0.2) is 36.4 Å². The molecule has 2 aromatic rings. The highest BCUT2D eigenvalue weighted by atomic mass is 16.6. The SMILES string of the molecule is C/C=C/c1ccc(OC)c(OCc2cc(OC)c(OCCC(=O)OC)cc2[N+](=O)[O-])c1. The van der Waals surface area contributed by atoms with Gasteiger partial charge in [-0.15, -0.1) is 0 Å². The van der Waals surface area contributed by atoms with E-state index in [9.17, 15) is 14.9 Å². The lowest BCUT2D eigenvalue weighted by molar-refractivity contribution is -0.385. The number of benzene rings is 2. The Hall–Kier alpha value is -3.75. The molecule has 0 saturated carbocycles. The van der Waals surface area contributed by atoms with Crippen molar-refractivity contribution in [1.29, 1.82) is 0 Å². The number of esters is 1. The molecule has 9 heteroatoms. The summed E-state index contributed by atoms with van der Waals surface area (Å²) in [5.41, 5.74) is 0.998. The zero-order chi connectivity index (χ0) is 22.8. The number of ether oxygens (including phenoxy) is 5. The largest absolute Gasteiger partial charge is 0.493 e. The van der Waals surface area contributed by atoms with Crippen molar-refractivity contribution in [2.45, 2.75) is 20.0 Å². The van der Waals surface area contributed by atoms with Crippen molar-refractivity contribution in [3.63, 3.8) is 0 Å². The Bertz CT molecular complexity index is 955. The fourth-order valence-corrected chi connectivity index (χ4v) is 2.75. The van der Waals surface area contributed by atoms with Crippen molar-refractivity contribution < 1.29 is 33.4 Å². The number of allylic oxidation sites excluding steroid dienone is 1. The van der Waals surface area contributed by atoms with Gasteiger partial charge in [0.15, 0.2) is 23.0 Å². The minimum absolute atomic E-state index is 0.000651. The van der Waals surface area contributed by atoms with Gasteiger partial charge in [-0.2, -0.15) is 0 Å². The molecule has 0 amide bonds. The standard InChI is InChI=1S/C22H25NO8/c1-5-6-15-7-8-18(27-2)20(11-15)31-14-16-12-19(28-3)21(13-17(16)23(25)26)30-10-9-22(24)29-4/h5-8,11-13H,9-10,14H2,1-4H3/b6-5+. The molecule has 0 saturated heterocycles. The third-order valence-corrected chi connectivity index (χ3v) is 4.28. The fraction of sp³-hybridized carbons (Fsp3) is 0.318. The molecule has 0 atom stereocenters. The first-order valence-corrected chi connectivity index (χ1v) is 9.41. The molecule has 166 valence electrons. The second kappa shape index (κ2) is 11.4. The first-order valence-electron chi connectivity index (χ1n) is 9.41. The van der Waals surface area contributed by atoms with Crippen molar-refractivity contribution in [1.82, 2.24) is 0 Å². The molecule has 0 heterocycles. The monoisotopic (exact) mass is 431 g/mol. The van der Waals surface area contributed by atoms with Gasteiger partial charge in [0, 0.05) is 0 Å². The third-order valence-electron chi connectivity index (χ3n) is 4.28. The van der Waals surface area contributed by atoms with E-state index < -0.39 is 10.9 Å². The van der Waals surface area contributed by atoms with Crippen molar-refractivity contribution >= 4 is 17.7 Å². The Labute approximate surface area is 180 Å². The minimum atomic E-state index is -0.529. The Morgan fingerprint density at radius 2 is 1.71 bits per heavy atom. The molecule has 0 aromatic heterocycles. The average molecular weight is 431 g/mol. The van der Waals surface area contributed by atoms with E-state index in [1.807, 2.05) is 25.1 Å². The molecule has 0 aliphatic heterocycles. The summed E-state index contributed by atoms with van der Waals surface area (Å²) >= 11 is 0. The average Bonchev–Trinajstić information content (AvgIpc) is 2.77. The maximum atomic E-state index is 11.6. The lowest BCUT2D eigenvalue weighted by Gasteiger charge is -2.14. The van der Waals surface area contributed by atoms with Gasteiger partial charge in [0.2, 0.25) is 0 Å². The van der Waals surface area contributed by atoms with Crippen LogP contribution >= 0.6 is 0 Å². The van der Waals surface area contributed by atoms with E-state index in [-0.39, 0.29) is 36.8 Å². The second-order valence-electron chi connectivity index (χ2n) is 6.26. The highest BCUT2D eigenvalue weighted by Gasteiger charge is 2.21. The molecule has 0 radical (unpaired) electrons. The molecule has 0 unspecified atom stereocenters. The van der Waals surface area contributed by atoms with Crippen molar-refractivity contribution in [2.75, 3.05) is 27.9 Å². The first-order chi connectivity index (χ1) is 14.9. The van der Waals surface area contributed by atoms with Crippen molar-refractivity contribution in [3.05, 3.63) is 57.6 Å². The van der Waals surface area contributed by atoms with Gasteiger partial charge in [-0.3, -0.25) is 14.9 Å². The topological polar surface area (TPSA) is 106 Å². The molecular weight excluding hydrogens is 406 g/mol. The summed E-state index contributed by atoms with van der Waals surface area (Å²) in [6, 6.07) is 8.15. The number of carbonyl (C=O) groups is 1. The van der Waals surface area contributed by atoms with Gasteiger partial charge in [0.05, 0.1) is 50.9 Å². The Balaban J connectivity index is 2.29. The summed E-state index contributed by atoms with van der Waals surface area (Å²) in [5, 5.41) is 11.6. The normalized spacial score (nSPS) is 10.6. The summed E-state index contributed by atoms with van der Waals surface area (Å²) in [6.45, 7) is 1.80. The Morgan fingerprint density at radius 1 is 1.00 bits per heavy atom. The van der Waals surface area contributed by atoms with Gasteiger partial charge in [0.25, 0.3) is 5.69 Å². The second-order valence-corrected chi connectivity index (χ2v) is 6.26. The van der Waals surface area contributed by atoms with Crippen LogP contribution in [0.25, 0.3) is 6.08 Å².